The van der Waals surface area contributed by atoms with E-state index in [0.29, 0.717) is 9.21 Å². The zero-order valence-corrected chi connectivity index (χ0v) is 11.4. The summed E-state index contributed by atoms with van der Waals surface area (Å²) in [6.45, 7) is 7.93. The van der Waals surface area contributed by atoms with Gasteiger partial charge in [0, 0.05) is 41.2 Å². The van der Waals surface area contributed by atoms with Crippen LogP contribution in [0, 0.1) is 0 Å². The smallest absolute Gasteiger partial charge is 0.183 e. The van der Waals surface area contributed by atoms with E-state index >= 15 is 0 Å². The molecule has 1 aromatic rings. The van der Waals surface area contributed by atoms with Gasteiger partial charge < -0.3 is 0 Å². The van der Waals surface area contributed by atoms with Crippen LogP contribution in [0.3, 0.4) is 0 Å². The Morgan fingerprint density at radius 1 is 1.60 bits per heavy atom. The van der Waals surface area contributed by atoms with Gasteiger partial charge in [0.1, 0.15) is 0 Å². The molecular formula is C10H15ClN2S2. The lowest BCUT2D eigenvalue weighted by molar-refractivity contribution is 0.254. The molecule has 1 aliphatic rings. The SMILES string of the molecule is CC1(C)CN(Cc2cnc(Cl)s2)CCS1. The molecule has 0 aliphatic carbocycles. The molecule has 1 saturated heterocycles. The van der Waals surface area contributed by atoms with Crippen LogP contribution in [0.5, 0.6) is 0 Å². The Balaban J connectivity index is 1.95. The molecule has 1 aliphatic heterocycles. The summed E-state index contributed by atoms with van der Waals surface area (Å²) in [5.74, 6) is 1.22. The molecule has 2 heterocycles. The zero-order valence-electron chi connectivity index (χ0n) is 8.99. The summed E-state index contributed by atoms with van der Waals surface area (Å²) < 4.78 is 1.03. The molecule has 1 fully saturated rings. The van der Waals surface area contributed by atoms with E-state index in [4.69, 9.17) is 11.6 Å². The minimum absolute atomic E-state index is 0.382. The first-order valence-corrected chi connectivity index (χ1v) is 7.20. The number of halogens is 1. The van der Waals surface area contributed by atoms with Crippen molar-refractivity contribution in [1.29, 1.82) is 0 Å². The fraction of sp³-hybridized carbons (Fsp3) is 0.700. The van der Waals surface area contributed by atoms with Crippen LogP contribution in [0.15, 0.2) is 6.20 Å². The van der Waals surface area contributed by atoms with E-state index in [9.17, 15) is 0 Å². The first-order valence-electron chi connectivity index (χ1n) is 5.02. The van der Waals surface area contributed by atoms with Gasteiger partial charge in [0.15, 0.2) is 4.47 Å². The predicted molar refractivity (Wildman–Crippen MR) is 68.9 cm³/mol. The first kappa shape index (κ1) is 11.7. The van der Waals surface area contributed by atoms with E-state index in [0.717, 1.165) is 13.1 Å². The minimum atomic E-state index is 0.382. The van der Waals surface area contributed by atoms with Crippen LogP contribution in [0.25, 0.3) is 0 Å². The lowest BCUT2D eigenvalue weighted by atomic mass is 10.2. The number of hydrogen-bond acceptors (Lipinski definition) is 4. The number of thiazole rings is 1. The van der Waals surface area contributed by atoms with Gasteiger partial charge in [0.05, 0.1) is 0 Å². The average molecular weight is 263 g/mol. The fourth-order valence-corrected chi connectivity index (χ4v) is 4.02. The van der Waals surface area contributed by atoms with Gasteiger partial charge in [0.2, 0.25) is 0 Å². The van der Waals surface area contributed by atoms with E-state index in [2.05, 4.69) is 35.5 Å². The molecule has 0 atom stereocenters. The molecular weight excluding hydrogens is 248 g/mol. The van der Waals surface area contributed by atoms with Crippen LogP contribution in [0.2, 0.25) is 4.47 Å². The third kappa shape index (κ3) is 3.34. The Bertz CT molecular complexity index is 338. The maximum atomic E-state index is 5.82. The van der Waals surface area contributed by atoms with Gasteiger partial charge in [-0.05, 0) is 13.8 Å². The van der Waals surface area contributed by atoms with Crippen molar-refractivity contribution in [3.63, 3.8) is 0 Å². The topological polar surface area (TPSA) is 16.1 Å². The first-order chi connectivity index (χ1) is 7.05. The van der Waals surface area contributed by atoms with Gasteiger partial charge in [-0.3, -0.25) is 4.90 Å². The van der Waals surface area contributed by atoms with E-state index in [1.54, 1.807) is 11.3 Å². The van der Waals surface area contributed by atoms with Crippen molar-refractivity contribution in [2.24, 2.45) is 0 Å². The minimum Gasteiger partial charge on any atom is -0.296 e. The summed E-state index contributed by atoms with van der Waals surface area (Å²) in [6, 6.07) is 0. The Morgan fingerprint density at radius 2 is 2.40 bits per heavy atom. The van der Waals surface area contributed by atoms with E-state index in [1.807, 2.05) is 6.20 Å². The molecule has 2 rings (SSSR count). The van der Waals surface area contributed by atoms with Gasteiger partial charge in [-0.2, -0.15) is 11.8 Å². The van der Waals surface area contributed by atoms with Crippen molar-refractivity contribution >= 4 is 34.7 Å². The molecule has 5 heteroatoms. The summed E-state index contributed by atoms with van der Waals surface area (Å²) in [5, 5.41) is 0. The van der Waals surface area contributed by atoms with Crippen molar-refractivity contribution in [3.05, 3.63) is 15.5 Å². The zero-order chi connectivity index (χ0) is 10.9. The highest BCUT2D eigenvalue weighted by Gasteiger charge is 2.27. The molecule has 84 valence electrons. The normalized spacial score (nSPS) is 21.8. The maximum absolute atomic E-state index is 5.82. The van der Waals surface area contributed by atoms with Crippen LogP contribution < -0.4 is 0 Å². The van der Waals surface area contributed by atoms with Gasteiger partial charge in [-0.1, -0.05) is 11.6 Å². The predicted octanol–water partition coefficient (Wildman–Crippen LogP) is 3.12. The quantitative estimate of drug-likeness (QED) is 0.815. The molecule has 0 amide bonds. The Labute approximate surface area is 104 Å². The molecule has 1 aromatic heterocycles. The molecule has 0 spiro atoms. The molecule has 2 nitrogen and oxygen atoms in total. The third-order valence-electron chi connectivity index (χ3n) is 2.41. The third-order valence-corrected chi connectivity index (χ3v) is 4.81. The molecule has 0 unspecified atom stereocenters. The molecule has 0 saturated carbocycles. The van der Waals surface area contributed by atoms with Crippen molar-refractivity contribution in [2.45, 2.75) is 25.1 Å². The van der Waals surface area contributed by atoms with Gasteiger partial charge in [-0.15, -0.1) is 11.3 Å². The monoisotopic (exact) mass is 262 g/mol. The van der Waals surface area contributed by atoms with E-state index in [-0.39, 0.29) is 0 Å². The van der Waals surface area contributed by atoms with Crippen LogP contribution in [0.4, 0.5) is 0 Å². The Morgan fingerprint density at radius 3 is 3.00 bits per heavy atom. The Kier molecular flexibility index (Phi) is 3.60. The summed E-state index contributed by atoms with van der Waals surface area (Å²) in [7, 11) is 0. The largest absolute Gasteiger partial charge is 0.296 e. The molecule has 0 radical (unpaired) electrons. The number of hydrogen-bond donors (Lipinski definition) is 0. The summed E-state index contributed by atoms with van der Waals surface area (Å²) >= 11 is 9.47. The lowest BCUT2D eigenvalue weighted by Gasteiger charge is -2.37. The highest BCUT2D eigenvalue weighted by molar-refractivity contribution is 8.00. The standard InChI is InChI=1S/C10H15ClN2S2/c1-10(2)7-13(3-4-14-10)6-8-5-12-9(11)15-8/h5H,3-4,6-7H2,1-2H3. The van der Waals surface area contributed by atoms with Crippen molar-refractivity contribution in [2.75, 3.05) is 18.8 Å². The van der Waals surface area contributed by atoms with Crippen LogP contribution in [-0.2, 0) is 6.54 Å². The molecule has 0 bridgehead atoms. The van der Waals surface area contributed by atoms with Crippen molar-refractivity contribution < 1.29 is 0 Å². The Hall–Kier alpha value is 0.230. The molecule has 0 aromatic carbocycles. The van der Waals surface area contributed by atoms with Crippen LogP contribution in [0.1, 0.15) is 18.7 Å². The van der Waals surface area contributed by atoms with E-state index in [1.165, 1.54) is 17.2 Å². The highest BCUT2D eigenvalue weighted by Crippen LogP contribution is 2.30. The van der Waals surface area contributed by atoms with Crippen molar-refractivity contribution in [3.8, 4) is 0 Å². The second kappa shape index (κ2) is 4.62. The van der Waals surface area contributed by atoms with Crippen molar-refractivity contribution in [1.82, 2.24) is 9.88 Å². The van der Waals surface area contributed by atoms with E-state index < -0.39 is 0 Å². The number of aromatic nitrogens is 1. The number of thioether (sulfide) groups is 1. The van der Waals surface area contributed by atoms with Gasteiger partial charge >= 0.3 is 0 Å². The van der Waals surface area contributed by atoms with Crippen LogP contribution in [-0.4, -0.2) is 33.5 Å². The summed E-state index contributed by atoms with van der Waals surface area (Å²) in [6.07, 6.45) is 1.89. The second-order valence-electron chi connectivity index (χ2n) is 4.40. The maximum Gasteiger partial charge on any atom is 0.183 e. The molecule has 15 heavy (non-hydrogen) atoms. The summed E-state index contributed by atoms with van der Waals surface area (Å²) in [5.41, 5.74) is 0. The van der Waals surface area contributed by atoms with Crippen LogP contribution >= 0.6 is 34.7 Å². The average Bonchev–Trinajstić information content (AvgIpc) is 2.49. The van der Waals surface area contributed by atoms with Gasteiger partial charge in [0.25, 0.3) is 0 Å². The van der Waals surface area contributed by atoms with Gasteiger partial charge in [-0.25, -0.2) is 4.98 Å². The lowest BCUT2D eigenvalue weighted by Crippen LogP contribution is -2.42. The number of rotatable bonds is 2. The highest BCUT2D eigenvalue weighted by atomic mass is 35.5. The second-order valence-corrected chi connectivity index (χ2v) is 7.90. The number of nitrogens with zero attached hydrogens (tertiary/aromatic N) is 2. The molecule has 0 N–H and O–H groups in total. The summed E-state index contributed by atoms with van der Waals surface area (Å²) in [4.78, 5) is 7.82. The fourth-order valence-electron chi connectivity index (χ4n) is 1.83.